The lowest BCUT2D eigenvalue weighted by molar-refractivity contribution is 0.200. The van der Waals surface area contributed by atoms with Crippen LogP contribution in [-0.2, 0) is 0 Å². The average molecular weight is 349 g/mol. The Balaban J connectivity index is 2.58. The summed E-state index contributed by atoms with van der Waals surface area (Å²) in [5.74, 6) is 1.51. The van der Waals surface area contributed by atoms with Crippen molar-refractivity contribution in [3.8, 4) is 0 Å². The molecule has 0 bridgehead atoms. The van der Waals surface area contributed by atoms with E-state index in [1.54, 1.807) is 7.05 Å². The van der Waals surface area contributed by atoms with Gasteiger partial charge in [0.15, 0.2) is 5.96 Å². The van der Waals surface area contributed by atoms with Gasteiger partial charge in [-0.1, -0.05) is 57.0 Å². The summed E-state index contributed by atoms with van der Waals surface area (Å²) in [6, 6.07) is 10.6. The number of rotatable bonds is 10. The predicted molar refractivity (Wildman–Crippen MR) is 107 cm³/mol. The van der Waals surface area contributed by atoms with E-state index in [-0.39, 0.29) is 12.5 Å². The Morgan fingerprint density at radius 3 is 2.16 bits per heavy atom. The summed E-state index contributed by atoms with van der Waals surface area (Å²) in [5, 5.41) is 16.5. The molecule has 2 unspecified atom stereocenters. The van der Waals surface area contributed by atoms with E-state index < -0.39 is 0 Å². The third-order valence-corrected chi connectivity index (χ3v) is 4.97. The van der Waals surface area contributed by atoms with Crippen molar-refractivity contribution in [3.05, 3.63) is 35.9 Å². The Labute approximate surface area is 153 Å². The second-order valence-corrected chi connectivity index (χ2v) is 6.73. The van der Waals surface area contributed by atoms with Gasteiger partial charge < -0.3 is 20.6 Å². The van der Waals surface area contributed by atoms with Crippen LogP contribution in [0, 0.1) is 5.92 Å². The Hall–Kier alpha value is -1.59. The minimum Gasteiger partial charge on any atom is -0.396 e. The van der Waals surface area contributed by atoms with Crippen LogP contribution in [-0.4, -0.2) is 62.8 Å². The fourth-order valence-electron chi connectivity index (χ4n) is 3.26. The molecule has 0 aliphatic heterocycles. The summed E-state index contributed by atoms with van der Waals surface area (Å²) in [5.41, 5.74) is 1.14. The quantitative estimate of drug-likeness (QED) is 0.448. The lowest BCUT2D eigenvalue weighted by atomic mass is 9.93. The van der Waals surface area contributed by atoms with Crippen LogP contribution in [0.15, 0.2) is 35.3 Å². The van der Waals surface area contributed by atoms with Crippen LogP contribution in [0.25, 0.3) is 0 Å². The molecule has 3 N–H and O–H groups in total. The first-order valence-corrected chi connectivity index (χ1v) is 9.33. The molecule has 25 heavy (non-hydrogen) atoms. The minimum absolute atomic E-state index is 0.0587. The van der Waals surface area contributed by atoms with Crippen molar-refractivity contribution in [1.29, 1.82) is 0 Å². The molecule has 0 radical (unpaired) electrons. The third-order valence-electron chi connectivity index (χ3n) is 4.97. The van der Waals surface area contributed by atoms with Crippen LogP contribution in [0.2, 0.25) is 0 Å². The second kappa shape index (κ2) is 11.9. The maximum absolute atomic E-state index is 9.69. The van der Waals surface area contributed by atoms with Crippen LogP contribution in [0.1, 0.15) is 38.2 Å². The van der Waals surface area contributed by atoms with Crippen molar-refractivity contribution < 1.29 is 5.11 Å². The molecule has 2 atom stereocenters. The maximum Gasteiger partial charge on any atom is 0.191 e. The number of aliphatic hydroxyl groups is 1. The van der Waals surface area contributed by atoms with Gasteiger partial charge in [0, 0.05) is 32.1 Å². The van der Waals surface area contributed by atoms with Crippen LogP contribution in [0.5, 0.6) is 0 Å². The van der Waals surface area contributed by atoms with E-state index in [9.17, 15) is 5.11 Å². The Kier molecular flexibility index (Phi) is 10.2. The monoisotopic (exact) mass is 348 g/mol. The van der Waals surface area contributed by atoms with E-state index in [1.165, 1.54) is 12.8 Å². The SMILES string of the molecule is CCC(CC)C(CNC(=NC)NCC(CO)c1ccccc1)N(C)C. The highest BCUT2D eigenvalue weighted by atomic mass is 16.3. The Morgan fingerprint density at radius 1 is 1.08 bits per heavy atom. The maximum atomic E-state index is 9.69. The smallest absolute Gasteiger partial charge is 0.191 e. The second-order valence-electron chi connectivity index (χ2n) is 6.73. The van der Waals surface area contributed by atoms with E-state index in [1.807, 2.05) is 30.3 Å². The summed E-state index contributed by atoms with van der Waals surface area (Å²) in [6.07, 6.45) is 2.35. The van der Waals surface area contributed by atoms with Gasteiger partial charge in [0.1, 0.15) is 0 Å². The molecule has 1 rings (SSSR count). The molecule has 0 spiro atoms. The van der Waals surface area contributed by atoms with E-state index in [2.05, 4.69) is 48.5 Å². The van der Waals surface area contributed by atoms with Crippen molar-refractivity contribution >= 4 is 5.96 Å². The van der Waals surface area contributed by atoms with Crippen molar-refractivity contribution in [3.63, 3.8) is 0 Å². The molecule has 142 valence electrons. The van der Waals surface area contributed by atoms with E-state index in [0.717, 1.165) is 18.1 Å². The number of aliphatic hydroxyl groups excluding tert-OH is 1. The van der Waals surface area contributed by atoms with E-state index in [4.69, 9.17) is 0 Å². The Morgan fingerprint density at radius 2 is 1.68 bits per heavy atom. The van der Waals surface area contributed by atoms with Gasteiger partial charge in [-0.2, -0.15) is 0 Å². The molecule has 0 saturated heterocycles. The predicted octanol–water partition coefficient (Wildman–Crippen LogP) is 2.29. The lowest BCUT2D eigenvalue weighted by Gasteiger charge is -2.32. The molecule has 0 aliphatic carbocycles. The zero-order valence-corrected chi connectivity index (χ0v) is 16.5. The highest BCUT2D eigenvalue weighted by molar-refractivity contribution is 5.79. The summed E-state index contributed by atoms with van der Waals surface area (Å²) in [4.78, 5) is 6.61. The van der Waals surface area contributed by atoms with Crippen LogP contribution < -0.4 is 10.6 Å². The first-order valence-electron chi connectivity index (χ1n) is 9.33. The van der Waals surface area contributed by atoms with Crippen molar-refractivity contribution in [2.75, 3.05) is 40.8 Å². The lowest BCUT2D eigenvalue weighted by Crippen LogP contribution is -2.48. The molecule has 1 aromatic rings. The zero-order chi connectivity index (χ0) is 18.7. The van der Waals surface area contributed by atoms with Gasteiger partial charge in [-0.25, -0.2) is 0 Å². The molecule has 0 aliphatic rings. The highest BCUT2D eigenvalue weighted by Gasteiger charge is 2.21. The molecule has 0 amide bonds. The number of likely N-dealkylation sites (N-methyl/N-ethyl adjacent to an activating group) is 1. The van der Waals surface area contributed by atoms with Gasteiger partial charge in [0.05, 0.1) is 6.61 Å². The van der Waals surface area contributed by atoms with Crippen LogP contribution in [0.4, 0.5) is 0 Å². The molecule has 0 fully saturated rings. The molecular formula is C20H36N4O. The molecule has 0 heterocycles. The fraction of sp³-hybridized carbons (Fsp3) is 0.650. The van der Waals surface area contributed by atoms with Crippen molar-refractivity contribution in [2.24, 2.45) is 10.9 Å². The third kappa shape index (κ3) is 7.04. The first-order chi connectivity index (χ1) is 12.1. The minimum atomic E-state index is 0.0587. The number of guanidine groups is 1. The summed E-state index contributed by atoms with van der Waals surface area (Å²) in [7, 11) is 6.06. The summed E-state index contributed by atoms with van der Waals surface area (Å²) >= 11 is 0. The number of hydrogen-bond acceptors (Lipinski definition) is 3. The normalized spacial score (nSPS) is 14.6. The fourth-order valence-corrected chi connectivity index (χ4v) is 3.26. The standard InChI is InChI=1S/C20H36N4O/c1-6-16(7-2)19(24(4)5)14-23-20(21-3)22-13-18(15-25)17-11-9-8-10-12-17/h8-12,16,18-19,25H,6-7,13-15H2,1-5H3,(H2,21,22,23). The largest absolute Gasteiger partial charge is 0.396 e. The zero-order valence-electron chi connectivity index (χ0n) is 16.5. The number of benzene rings is 1. The van der Waals surface area contributed by atoms with Gasteiger partial charge in [-0.15, -0.1) is 0 Å². The van der Waals surface area contributed by atoms with Gasteiger partial charge >= 0.3 is 0 Å². The molecular weight excluding hydrogens is 312 g/mol. The Bertz CT molecular complexity index is 486. The van der Waals surface area contributed by atoms with Gasteiger partial charge in [-0.3, -0.25) is 4.99 Å². The topological polar surface area (TPSA) is 59.9 Å². The number of aliphatic imine (C=N–C) groups is 1. The van der Waals surface area contributed by atoms with E-state index >= 15 is 0 Å². The number of nitrogens with one attached hydrogen (secondary N) is 2. The highest BCUT2D eigenvalue weighted by Crippen LogP contribution is 2.16. The van der Waals surface area contributed by atoms with E-state index in [0.29, 0.717) is 18.5 Å². The van der Waals surface area contributed by atoms with Gasteiger partial charge in [0.25, 0.3) is 0 Å². The van der Waals surface area contributed by atoms with Crippen molar-refractivity contribution in [2.45, 2.75) is 38.6 Å². The van der Waals surface area contributed by atoms with Crippen LogP contribution in [0.3, 0.4) is 0 Å². The molecule has 0 aromatic heterocycles. The van der Waals surface area contributed by atoms with Crippen molar-refractivity contribution in [1.82, 2.24) is 15.5 Å². The number of nitrogens with zero attached hydrogens (tertiary/aromatic N) is 2. The molecule has 1 aromatic carbocycles. The summed E-state index contributed by atoms with van der Waals surface area (Å²) in [6.45, 7) is 6.13. The number of hydrogen-bond donors (Lipinski definition) is 3. The molecule has 5 nitrogen and oxygen atoms in total. The molecule has 5 heteroatoms. The average Bonchev–Trinajstić information content (AvgIpc) is 2.64. The van der Waals surface area contributed by atoms with Gasteiger partial charge in [-0.05, 0) is 25.6 Å². The summed E-state index contributed by atoms with van der Waals surface area (Å²) < 4.78 is 0. The molecule has 0 saturated carbocycles. The van der Waals surface area contributed by atoms with Crippen LogP contribution >= 0.6 is 0 Å². The van der Waals surface area contributed by atoms with Gasteiger partial charge in [0.2, 0.25) is 0 Å². The first kappa shape index (κ1) is 21.5.